The van der Waals surface area contributed by atoms with Crippen molar-refractivity contribution in [2.24, 2.45) is 0 Å². The van der Waals surface area contributed by atoms with Gasteiger partial charge in [0.1, 0.15) is 17.2 Å². The van der Waals surface area contributed by atoms with Crippen molar-refractivity contribution in [3.63, 3.8) is 0 Å². The van der Waals surface area contributed by atoms with Crippen LogP contribution in [-0.2, 0) is 0 Å². The highest BCUT2D eigenvalue weighted by molar-refractivity contribution is 6.02. The zero-order valence-corrected chi connectivity index (χ0v) is 13.9. The maximum atomic E-state index is 12.2. The fourth-order valence-electron chi connectivity index (χ4n) is 2.23. The van der Waals surface area contributed by atoms with Crippen molar-refractivity contribution in [3.05, 3.63) is 60.4 Å². The molecule has 1 aromatic heterocycles. The second-order valence-corrected chi connectivity index (χ2v) is 5.33. The fraction of sp³-hybridized carbons (Fsp3) is 0.111. The van der Waals surface area contributed by atoms with Crippen molar-refractivity contribution >= 4 is 11.6 Å². The summed E-state index contributed by atoms with van der Waals surface area (Å²) in [6, 6.07) is 13.2. The molecule has 3 aromatic rings. The lowest BCUT2D eigenvalue weighted by Crippen LogP contribution is -2.17. The van der Waals surface area contributed by atoms with Crippen LogP contribution in [-0.4, -0.2) is 24.5 Å². The Labute approximate surface area is 151 Å². The molecule has 0 saturated heterocycles. The Hall–Kier alpha value is -3.49. The number of hydrogen-bond acceptors (Lipinski definition) is 5. The number of anilines is 1. The molecule has 0 spiro atoms. The van der Waals surface area contributed by atoms with Crippen LogP contribution < -0.4 is 14.8 Å². The average molecular weight is 378 g/mol. The fourth-order valence-corrected chi connectivity index (χ4v) is 2.23. The predicted octanol–water partition coefficient (Wildman–Crippen LogP) is 4.50. The van der Waals surface area contributed by atoms with Crippen LogP contribution >= 0.6 is 0 Å². The second-order valence-electron chi connectivity index (χ2n) is 5.33. The predicted molar refractivity (Wildman–Crippen MR) is 89.6 cm³/mol. The summed E-state index contributed by atoms with van der Waals surface area (Å²) in [6.07, 6.45) is -4.78. The zero-order chi connectivity index (χ0) is 19.4. The molecule has 140 valence electrons. The van der Waals surface area contributed by atoms with Crippen molar-refractivity contribution < 1.29 is 32.0 Å². The third kappa shape index (κ3) is 4.78. The van der Waals surface area contributed by atoms with Crippen molar-refractivity contribution in [3.8, 4) is 22.8 Å². The van der Waals surface area contributed by atoms with Crippen LogP contribution in [0.5, 0.6) is 11.5 Å². The first-order valence-electron chi connectivity index (χ1n) is 7.62. The summed E-state index contributed by atoms with van der Waals surface area (Å²) in [4.78, 5) is 12.2. The normalized spacial score (nSPS) is 11.1. The molecule has 0 fully saturated rings. The number of halogens is 3. The van der Waals surface area contributed by atoms with Gasteiger partial charge in [0.2, 0.25) is 5.76 Å². The van der Waals surface area contributed by atoms with E-state index in [1.807, 2.05) is 0 Å². The van der Waals surface area contributed by atoms with E-state index in [4.69, 9.17) is 9.26 Å². The molecule has 27 heavy (non-hydrogen) atoms. The molecular weight excluding hydrogens is 365 g/mol. The van der Waals surface area contributed by atoms with Gasteiger partial charge in [0.05, 0.1) is 7.11 Å². The molecule has 0 atom stereocenters. The number of benzene rings is 2. The molecule has 6 nitrogen and oxygen atoms in total. The number of carbonyl (C=O) groups is 1. The van der Waals surface area contributed by atoms with Gasteiger partial charge in [0.15, 0.2) is 0 Å². The van der Waals surface area contributed by atoms with Crippen LogP contribution in [0.25, 0.3) is 11.3 Å². The van der Waals surface area contributed by atoms with Gasteiger partial charge in [-0.25, -0.2) is 0 Å². The number of ether oxygens (including phenoxy) is 2. The SMILES string of the molecule is COc1cccc(-c2cc(C(=O)Nc3ccc(OC(F)(F)F)cc3)on2)c1. The van der Waals surface area contributed by atoms with E-state index < -0.39 is 12.3 Å². The molecule has 1 heterocycles. The average Bonchev–Trinajstić information content (AvgIpc) is 3.12. The van der Waals surface area contributed by atoms with Gasteiger partial charge in [0.25, 0.3) is 5.91 Å². The van der Waals surface area contributed by atoms with Crippen LogP contribution in [0.1, 0.15) is 10.6 Å². The van der Waals surface area contributed by atoms with Gasteiger partial charge in [-0.15, -0.1) is 13.2 Å². The van der Waals surface area contributed by atoms with E-state index in [0.717, 1.165) is 12.1 Å². The van der Waals surface area contributed by atoms with Crippen molar-refractivity contribution in [1.29, 1.82) is 0 Å². The van der Waals surface area contributed by atoms with E-state index in [-0.39, 0.29) is 17.2 Å². The number of nitrogens with zero attached hydrogens (tertiary/aromatic N) is 1. The highest BCUT2D eigenvalue weighted by Gasteiger charge is 2.31. The Morgan fingerprint density at radius 2 is 1.81 bits per heavy atom. The van der Waals surface area contributed by atoms with E-state index in [2.05, 4.69) is 15.2 Å². The van der Waals surface area contributed by atoms with Crippen molar-refractivity contribution in [2.45, 2.75) is 6.36 Å². The molecular formula is C18H13F3N2O4. The summed E-state index contributed by atoms with van der Waals surface area (Å²) in [5.74, 6) is -0.410. The molecule has 0 radical (unpaired) electrons. The quantitative estimate of drug-likeness (QED) is 0.708. The van der Waals surface area contributed by atoms with Gasteiger partial charge < -0.3 is 19.3 Å². The van der Waals surface area contributed by atoms with Gasteiger partial charge in [-0.2, -0.15) is 0 Å². The third-order valence-corrected chi connectivity index (χ3v) is 3.45. The molecule has 0 aliphatic rings. The summed E-state index contributed by atoms with van der Waals surface area (Å²) in [5.41, 5.74) is 1.41. The molecule has 3 rings (SSSR count). The van der Waals surface area contributed by atoms with Gasteiger partial charge in [-0.1, -0.05) is 17.3 Å². The maximum absolute atomic E-state index is 12.2. The summed E-state index contributed by atoms with van der Waals surface area (Å²) < 4.78 is 50.4. The minimum Gasteiger partial charge on any atom is -0.497 e. The number of nitrogens with one attached hydrogen (secondary N) is 1. The number of methoxy groups -OCH3 is 1. The van der Waals surface area contributed by atoms with Gasteiger partial charge in [-0.3, -0.25) is 4.79 Å². The van der Waals surface area contributed by atoms with Crippen LogP contribution in [0.3, 0.4) is 0 Å². The minimum atomic E-state index is -4.78. The van der Waals surface area contributed by atoms with E-state index >= 15 is 0 Å². The number of alkyl halides is 3. The highest BCUT2D eigenvalue weighted by Crippen LogP contribution is 2.25. The largest absolute Gasteiger partial charge is 0.573 e. The van der Waals surface area contributed by atoms with Crippen LogP contribution in [0.2, 0.25) is 0 Å². The standard InChI is InChI=1S/C18H13F3N2O4/c1-25-14-4-2-3-11(9-14)15-10-16(27-23-15)17(24)22-12-5-7-13(8-6-12)26-18(19,20)21/h2-10H,1H3,(H,22,24). The lowest BCUT2D eigenvalue weighted by atomic mass is 10.1. The van der Waals surface area contributed by atoms with Gasteiger partial charge in [0, 0.05) is 17.3 Å². The monoisotopic (exact) mass is 378 g/mol. The van der Waals surface area contributed by atoms with Crippen LogP contribution in [0.4, 0.5) is 18.9 Å². The second kappa shape index (κ2) is 7.40. The van der Waals surface area contributed by atoms with Crippen molar-refractivity contribution in [2.75, 3.05) is 12.4 Å². The smallest absolute Gasteiger partial charge is 0.497 e. The zero-order valence-electron chi connectivity index (χ0n) is 13.9. The highest BCUT2D eigenvalue weighted by atomic mass is 19.4. The Morgan fingerprint density at radius 3 is 2.48 bits per heavy atom. The summed E-state index contributed by atoms with van der Waals surface area (Å²) in [5, 5.41) is 6.34. The molecule has 0 unspecified atom stereocenters. The van der Waals surface area contributed by atoms with Crippen LogP contribution in [0, 0.1) is 0 Å². The van der Waals surface area contributed by atoms with E-state index in [0.29, 0.717) is 17.0 Å². The lowest BCUT2D eigenvalue weighted by Gasteiger charge is -2.09. The van der Waals surface area contributed by atoms with Gasteiger partial charge >= 0.3 is 6.36 Å². The molecule has 0 bridgehead atoms. The first kappa shape index (κ1) is 18.3. The number of amides is 1. The Kier molecular flexibility index (Phi) is 5.02. The molecule has 1 amide bonds. The summed E-state index contributed by atoms with van der Waals surface area (Å²) in [7, 11) is 1.53. The molecule has 1 N–H and O–H groups in total. The molecule has 0 aliphatic heterocycles. The van der Waals surface area contributed by atoms with E-state index in [1.165, 1.54) is 25.3 Å². The molecule has 9 heteroatoms. The molecule has 0 saturated carbocycles. The van der Waals surface area contributed by atoms with E-state index in [9.17, 15) is 18.0 Å². The number of aromatic nitrogens is 1. The topological polar surface area (TPSA) is 73.6 Å². The minimum absolute atomic E-state index is 0.0524. The van der Waals surface area contributed by atoms with Gasteiger partial charge in [-0.05, 0) is 36.4 Å². The summed E-state index contributed by atoms with van der Waals surface area (Å²) >= 11 is 0. The molecule has 2 aromatic carbocycles. The van der Waals surface area contributed by atoms with Crippen molar-refractivity contribution in [1.82, 2.24) is 5.16 Å². The lowest BCUT2D eigenvalue weighted by molar-refractivity contribution is -0.274. The Bertz CT molecular complexity index is 936. The van der Waals surface area contributed by atoms with E-state index in [1.54, 1.807) is 24.3 Å². The first-order valence-corrected chi connectivity index (χ1v) is 7.62. The Balaban J connectivity index is 1.69. The Morgan fingerprint density at radius 1 is 1.07 bits per heavy atom. The first-order chi connectivity index (χ1) is 12.8. The molecule has 0 aliphatic carbocycles. The number of carbonyl (C=O) groups excluding carboxylic acids is 1. The number of hydrogen-bond donors (Lipinski definition) is 1. The van der Waals surface area contributed by atoms with Crippen LogP contribution in [0.15, 0.2) is 59.1 Å². The summed E-state index contributed by atoms with van der Waals surface area (Å²) in [6.45, 7) is 0. The number of rotatable bonds is 5. The third-order valence-electron chi connectivity index (χ3n) is 3.45. The maximum Gasteiger partial charge on any atom is 0.573 e.